The van der Waals surface area contributed by atoms with Gasteiger partial charge < -0.3 is 19.6 Å². The van der Waals surface area contributed by atoms with E-state index in [4.69, 9.17) is 19.6 Å². The van der Waals surface area contributed by atoms with Crippen molar-refractivity contribution in [2.45, 2.75) is 18.7 Å². The van der Waals surface area contributed by atoms with Gasteiger partial charge in [0.25, 0.3) is 0 Å². The number of nitrogens with zero attached hydrogens (tertiary/aromatic N) is 1. The second-order valence-corrected chi connectivity index (χ2v) is 7.77. The Morgan fingerprint density at radius 1 is 1.31 bits per heavy atom. The minimum atomic E-state index is -4.93. The first-order chi connectivity index (χ1) is 7.16. The van der Waals surface area contributed by atoms with E-state index in [1.54, 1.807) is 6.92 Å². The number of aryl methyl sites for hydroxylation is 1. The Balaban J connectivity index is 3.23. The van der Waals surface area contributed by atoms with E-state index in [1.807, 2.05) is 0 Å². The van der Waals surface area contributed by atoms with Crippen molar-refractivity contribution in [1.82, 2.24) is 4.98 Å². The Kier molecular flexibility index (Phi) is 4.08. The van der Waals surface area contributed by atoms with Gasteiger partial charge in [0.2, 0.25) is 5.40 Å². The molecule has 10 heteroatoms. The third-order valence-corrected chi connectivity index (χ3v) is 6.67. The Morgan fingerprint density at radius 2 is 1.81 bits per heavy atom. The SMILES string of the molecule is CCc1csc(C(P(=O)(O)O)P(=O)(O)O)n1. The van der Waals surface area contributed by atoms with Crippen LogP contribution in [0.3, 0.4) is 0 Å². The summed E-state index contributed by atoms with van der Waals surface area (Å²) in [5, 5.41) is -0.850. The van der Waals surface area contributed by atoms with E-state index in [-0.39, 0.29) is 5.01 Å². The van der Waals surface area contributed by atoms with Crippen LogP contribution in [-0.4, -0.2) is 24.6 Å². The van der Waals surface area contributed by atoms with Crippen molar-refractivity contribution < 1.29 is 28.7 Å². The first-order valence-corrected chi connectivity index (χ1v) is 8.45. The van der Waals surface area contributed by atoms with E-state index < -0.39 is 20.6 Å². The van der Waals surface area contributed by atoms with Crippen molar-refractivity contribution in [1.29, 1.82) is 0 Å². The van der Waals surface area contributed by atoms with Crippen molar-refractivity contribution >= 4 is 26.5 Å². The summed E-state index contributed by atoms with van der Waals surface area (Å²) in [6, 6.07) is 0. The van der Waals surface area contributed by atoms with Crippen molar-refractivity contribution in [3.63, 3.8) is 0 Å². The molecule has 0 spiro atoms. The number of thiazole rings is 1. The summed E-state index contributed by atoms with van der Waals surface area (Å²) in [6.07, 6.45) is 0.533. The number of hydrogen-bond acceptors (Lipinski definition) is 4. The van der Waals surface area contributed by atoms with E-state index >= 15 is 0 Å². The molecular weight excluding hydrogens is 276 g/mol. The van der Waals surface area contributed by atoms with Crippen LogP contribution in [0.2, 0.25) is 0 Å². The quantitative estimate of drug-likeness (QED) is 0.609. The third-order valence-electron chi connectivity index (χ3n) is 1.79. The van der Waals surface area contributed by atoms with E-state index in [1.165, 1.54) is 5.38 Å². The molecule has 1 aromatic heterocycles. The highest BCUT2D eigenvalue weighted by Crippen LogP contribution is 2.70. The van der Waals surface area contributed by atoms with Gasteiger partial charge in [-0.15, -0.1) is 11.3 Å². The minimum absolute atomic E-state index is 0.224. The molecule has 0 saturated carbocycles. The lowest BCUT2D eigenvalue weighted by atomic mass is 10.4. The summed E-state index contributed by atoms with van der Waals surface area (Å²) in [7, 11) is -9.86. The second kappa shape index (κ2) is 4.66. The summed E-state index contributed by atoms with van der Waals surface area (Å²) in [6.45, 7) is 1.78. The molecule has 0 bridgehead atoms. The zero-order chi connectivity index (χ0) is 12.6. The molecule has 7 nitrogen and oxygen atoms in total. The van der Waals surface area contributed by atoms with Gasteiger partial charge in [0.05, 0.1) is 5.69 Å². The predicted octanol–water partition coefficient (Wildman–Crippen LogP) is 1.06. The Hall–Kier alpha value is -0.0700. The van der Waals surface area contributed by atoms with Crippen LogP contribution >= 0.6 is 26.5 Å². The molecule has 16 heavy (non-hydrogen) atoms. The average Bonchev–Trinajstić information content (AvgIpc) is 2.47. The van der Waals surface area contributed by atoms with Gasteiger partial charge in [0.15, 0.2) is 0 Å². The zero-order valence-corrected chi connectivity index (χ0v) is 10.8. The standard InChI is InChI=1S/C6H11NO6P2S/c1-2-4-3-16-5(7-4)6(14(8,9)10)15(11,12)13/h3,6H,2H2,1H3,(H2,8,9,10)(H2,11,12,13). The Labute approximate surface area is 95.5 Å². The number of rotatable bonds is 4. The Morgan fingerprint density at radius 3 is 2.12 bits per heavy atom. The lowest BCUT2D eigenvalue weighted by molar-refractivity contribution is 0.340. The molecule has 0 atom stereocenters. The molecular formula is C6H11NO6P2S. The molecule has 0 aliphatic rings. The van der Waals surface area contributed by atoms with E-state index in [0.717, 1.165) is 11.3 Å². The van der Waals surface area contributed by atoms with Gasteiger partial charge >= 0.3 is 15.2 Å². The normalized spacial score (nSPS) is 13.4. The smallest absolute Gasteiger partial charge is 0.323 e. The molecule has 4 N–H and O–H groups in total. The minimum Gasteiger partial charge on any atom is -0.323 e. The molecule has 0 aliphatic heterocycles. The molecule has 1 rings (SSSR count). The van der Waals surface area contributed by atoms with Gasteiger partial charge in [-0.25, -0.2) is 4.98 Å². The van der Waals surface area contributed by atoms with E-state index in [9.17, 15) is 9.13 Å². The lowest BCUT2D eigenvalue weighted by Gasteiger charge is -2.16. The van der Waals surface area contributed by atoms with Gasteiger partial charge in [-0.1, -0.05) is 6.92 Å². The summed E-state index contributed by atoms with van der Waals surface area (Å²) >= 11 is 0.840. The summed E-state index contributed by atoms with van der Waals surface area (Å²) in [5.41, 5.74) is 0.548. The first-order valence-electron chi connectivity index (χ1n) is 4.21. The maximum absolute atomic E-state index is 11.0. The molecule has 0 aliphatic carbocycles. The summed E-state index contributed by atoms with van der Waals surface area (Å²) in [5.74, 6) is 0. The van der Waals surface area contributed by atoms with Crippen molar-refractivity contribution in [3.05, 3.63) is 16.1 Å². The van der Waals surface area contributed by atoms with Gasteiger partial charge in [0, 0.05) is 5.38 Å². The van der Waals surface area contributed by atoms with Crippen LogP contribution < -0.4 is 0 Å². The lowest BCUT2D eigenvalue weighted by Crippen LogP contribution is -2.01. The van der Waals surface area contributed by atoms with E-state index in [0.29, 0.717) is 12.1 Å². The first kappa shape index (κ1) is 14.0. The van der Waals surface area contributed by atoms with Crippen molar-refractivity contribution in [2.75, 3.05) is 0 Å². The predicted molar refractivity (Wildman–Crippen MR) is 58.3 cm³/mol. The monoisotopic (exact) mass is 287 g/mol. The van der Waals surface area contributed by atoms with Crippen molar-refractivity contribution in [2.24, 2.45) is 0 Å². The highest BCUT2D eigenvalue weighted by atomic mass is 32.1. The van der Waals surface area contributed by atoms with Crippen LogP contribution in [-0.2, 0) is 15.6 Å². The highest BCUT2D eigenvalue weighted by molar-refractivity contribution is 7.70. The second-order valence-electron chi connectivity index (χ2n) is 3.08. The number of aromatic nitrogens is 1. The Bertz CT molecular complexity index is 439. The van der Waals surface area contributed by atoms with E-state index in [2.05, 4.69) is 4.98 Å². The number of hydrogen-bond donors (Lipinski definition) is 4. The molecule has 0 fully saturated rings. The van der Waals surface area contributed by atoms with Gasteiger partial charge in [-0.05, 0) is 6.42 Å². The fourth-order valence-electron chi connectivity index (χ4n) is 1.09. The van der Waals surface area contributed by atoms with Crippen LogP contribution in [0.1, 0.15) is 23.0 Å². The van der Waals surface area contributed by atoms with Crippen LogP contribution in [0.15, 0.2) is 5.38 Å². The third kappa shape index (κ3) is 3.21. The van der Waals surface area contributed by atoms with Gasteiger partial charge in [-0.2, -0.15) is 0 Å². The molecule has 1 heterocycles. The van der Waals surface area contributed by atoms with Gasteiger partial charge in [0.1, 0.15) is 5.01 Å². The molecule has 0 aromatic carbocycles. The molecule has 0 unspecified atom stereocenters. The molecule has 1 aromatic rings. The fourth-order valence-corrected chi connectivity index (χ4v) is 5.30. The zero-order valence-electron chi connectivity index (χ0n) is 8.22. The van der Waals surface area contributed by atoms with Crippen LogP contribution in [0.4, 0.5) is 0 Å². The molecule has 0 saturated heterocycles. The average molecular weight is 287 g/mol. The maximum Gasteiger partial charge on any atom is 0.347 e. The van der Waals surface area contributed by atoms with Crippen LogP contribution in [0, 0.1) is 0 Å². The highest BCUT2D eigenvalue weighted by Gasteiger charge is 2.46. The largest absolute Gasteiger partial charge is 0.347 e. The van der Waals surface area contributed by atoms with Crippen LogP contribution in [0.25, 0.3) is 0 Å². The summed E-state index contributed by atoms with van der Waals surface area (Å²) < 4.78 is 22.1. The van der Waals surface area contributed by atoms with Crippen LogP contribution in [0.5, 0.6) is 0 Å². The topological polar surface area (TPSA) is 128 Å². The fraction of sp³-hybridized carbons (Fsp3) is 0.500. The summed E-state index contributed by atoms with van der Waals surface area (Å²) in [4.78, 5) is 39.5. The molecule has 92 valence electrons. The maximum atomic E-state index is 11.0. The molecule has 0 amide bonds. The molecule has 0 radical (unpaired) electrons. The van der Waals surface area contributed by atoms with Crippen molar-refractivity contribution in [3.8, 4) is 0 Å². The van der Waals surface area contributed by atoms with Gasteiger partial charge in [-0.3, -0.25) is 9.13 Å².